The van der Waals surface area contributed by atoms with Gasteiger partial charge in [0.2, 0.25) is 5.91 Å². The van der Waals surface area contributed by atoms with E-state index in [0.29, 0.717) is 13.1 Å². The summed E-state index contributed by atoms with van der Waals surface area (Å²) in [5.41, 5.74) is 5.76. The molecule has 0 unspecified atom stereocenters. The number of para-hydroxylation sites is 1. The van der Waals surface area contributed by atoms with Gasteiger partial charge in [0.25, 0.3) is 0 Å². The second-order valence-corrected chi connectivity index (χ2v) is 5.86. The van der Waals surface area contributed by atoms with Crippen molar-refractivity contribution in [2.45, 2.75) is 27.3 Å². The molecule has 3 nitrogen and oxygen atoms in total. The Kier molecular flexibility index (Phi) is 5.21. The summed E-state index contributed by atoms with van der Waals surface area (Å²) in [4.78, 5) is 14.0. The molecule has 1 amide bonds. The van der Waals surface area contributed by atoms with Crippen molar-refractivity contribution < 1.29 is 4.79 Å². The SMILES string of the molecule is Cc1ccc(CN(C)C(=O)CNc2c(C)cccc2C)cc1. The van der Waals surface area contributed by atoms with Gasteiger partial charge in [-0.1, -0.05) is 48.0 Å². The first-order chi connectivity index (χ1) is 10.5. The van der Waals surface area contributed by atoms with Gasteiger partial charge in [-0.25, -0.2) is 0 Å². The Balaban J connectivity index is 1.93. The van der Waals surface area contributed by atoms with Crippen LogP contribution in [0.2, 0.25) is 0 Å². The predicted molar refractivity (Wildman–Crippen MR) is 92.1 cm³/mol. The molecule has 0 saturated carbocycles. The molecule has 0 aromatic heterocycles. The van der Waals surface area contributed by atoms with Crippen molar-refractivity contribution >= 4 is 11.6 Å². The topological polar surface area (TPSA) is 32.3 Å². The summed E-state index contributed by atoms with van der Waals surface area (Å²) in [7, 11) is 1.84. The molecular formula is C19H24N2O. The Morgan fingerprint density at radius 1 is 1.00 bits per heavy atom. The first-order valence-electron chi connectivity index (χ1n) is 7.57. The van der Waals surface area contributed by atoms with Crippen LogP contribution < -0.4 is 5.32 Å². The molecule has 0 atom stereocenters. The van der Waals surface area contributed by atoms with Crippen LogP contribution in [0.4, 0.5) is 5.69 Å². The van der Waals surface area contributed by atoms with Crippen molar-refractivity contribution in [3.63, 3.8) is 0 Å². The third-order valence-corrected chi connectivity index (χ3v) is 3.86. The average molecular weight is 296 g/mol. The highest BCUT2D eigenvalue weighted by Gasteiger charge is 2.10. The monoisotopic (exact) mass is 296 g/mol. The maximum atomic E-state index is 12.3. The number of hydrogen-bond acceptors (Lipinski definition) is 2. The summed E-state index contributed by atoms with van der Waals surface area (Å²) < 4.78 is 0. The van der Waals surface area contributed by atoms with Gasteiger partial charge >= 0.3 is 0 Å². The van der Waals surface area contributed by atoms with Gasteiger partial charge in [-0.15, -0.1) is 0 Å². The fraction of sp³-hybridized carbons (Fsp3) is 0.316. The number of rotatable bonds is 5. The van der Waals surface area contributed by atoms with Crippen molar-refractivity contribution in [2.75, 3.05) is 18.9 Å². The van der Waals surface area contributed by atoms with E-state index in [9.17, 15) is 4.79 Å². The second kappa shape index (κ2) is 7.12. The van der Waals surface area contributed by atoms with Crippen LogP contribution in [-0.2, 0) is 11.3 Å². The van der Waals surface area contributed by atoms with Gasteiger partial charge in [-0.3, -0.25) is 4.79 Å². The van der Waals surface area contributed by atoms with Gasteiger partial charge in [0.05, 0.1) is 6.54 Å². The molecule has 2 rings (SSSR count). The van der Waals surface area contributed by atoms with Crippen LogP contribution >= 0.6 is 0 Å². The highest BCUT2D eigenvalue weighted by Crippen LogP contribution is 2.19. The van der Waals surface area contributed by atoms with Crippen LogP contribution in [0.25, 0.3) is 0 Å². The van der Waals surface area contributed by atoms with E-state index in [-0.39, 0.29) is 5.91 Å². The molecule has 0 aliphatic carbocycles. The lowest BCUT2D eigenvalue weighted by Crippen LogP contribution is -2.32. The number of carbonyl (C=O) groups is 1. The molecule has 22 heavy (non-hydrogen) atoms. The number of nitrogens with one attached hydrogen (secondary N) is 1. The average Bonchev–Trinajstić information content (AvgIpc) is 2.48. The van der Waals surface area contributed by atoms with Gasteiger partial charge in [-0.2, -0.15) is 0 Å². The van der Waals surface area contributed by atoms with E-state index >= 15 is 0 Å². The molecular weight excluding hydrogens is 272 g/mol. The van der Waals surface area contributed by atoms with Gasteiger partial charge < -0.3 is 10.2 Å². The van der Waals surface area contributed by atoms with E-state index in [2.05, 4.69) is 62.5 Å². The number of benzene rings is 2. The first-order valence-corrected chi connectivity index (χ1v) is 7.57. The maximum Gasteiger partial charge on any atom is 0.241 e. The number of likely N-dealkylation sites (N-methyl/N-ethyl adjacent to an activating group) is 1. The highest BCUT2D eigenvalue weighted by atomic mass is 16.2. The standard InChI is InChI=1S/C19H24N2O/c1-14-8-10-17(11-9-14)13-21(4)18(22)12-20-19-15(2)6-5-7-16(19)3/h5-11,20H,12-13H2,1-4H3. The van der Waals surface area contributed by atoms with Crippen LogP contribution in [0.1, 0.15) is 22.3 Å². The van der Waals surface area contributed by atoms with Crippen LogP contribution in [0.3, 0.4) is 0 Å². The van der Waals surface area contributed by atoms with E-state index in [1.54, 1.807) is 4.90 Å². The summed E-state index contributed by atoms with van der Waals surface area (Å²) in [5.74, 6) is 0.0863. The molecule has 0 bridgehead atoms. The van der Waals surface area contributed by atoms with Gasteiger partial charge in [0.15, 0.2) is 0 Å². The van der Waals surface area contributed by atoms with E-state index in [0.717, 1.165) is 22.4 Å². The largest absolute Gasteiger partial charge is 0.376 e. The summed E-state index contributed by atoms with van der Waals surface area (Å²) >= 11 is 0. The van der Waals surface area contributed by atoms with Crippen molar-refractivity contribution in [3.05, 3.63) is 64.7 Å². The molecule has 0 fully saturated rings. The molecule has 0 radical (unpaired) electrons. The Labute approximate surface area is 133 Å². The number of nitrogens with zero attached hydrogens (tertiary/aromatic N) is 1. The van der Waals surface area contributed by atoms with Crippen LogP contribution in [0.15, 0.2) is 42.5 Å². The lowest BCUT2D eigenvalue weighted by atomic mass is 10.1. The van der Waals surface area contributed by atoms with Crippen molar-refractivity contribution in [3.8, 4) is 0 Å². The first kappa shape index (κ1) is 16.1. The molecule has 116 valence electrons. The van der Waals surface area contributed by atoms with Crippen LogP contribution in [-0.4, -0.2) is 24.4 Å². The molecule has 0 heterocycles. The summed E-state index contributed by atoms with van der Waals surface area (Å²) in [6.07, 6.45) is 0. The lowest BCUT2D eigenvalue weighted by molar-refractivity contribution is -0.128. The zero-order chi connectivity index (χ0) is 16.1. The summed E-state index contributed by atoms with van der Waals surface area (Å²) in [5, 5.41) is 3.27. The minimum atomic E-state index is 0.0863. The van der Waals surface area contributed by atoms with Crippen molar-refractivity contribution in [2.24, 2.45) is 0 Å². The number of aryl methyl sites for hydroxylation is 3. The van der Waals surface area contributed by atoms with Gasteiger partial charge in [0.1, 0.15) is 0 Å². The van der Waals surface area contributed by atoms with Crippen molar-refractivity contribution in [1.82, 2.24) is 4.90 Å². The van der Waals surface area contributed by atoms with Gasteiger partial charge in [-0.05, 0) is 37.5 Å². The third kappa shape index (κ3) is 4.10. The van der Waals surface area contributed by atoms with E-state index in [1.807, 2.05) is 13.1 Å². The highest BCUT2D eigenvalue weighted by molar-refractivity contribution is 5.81. The van der Waals surface area contributed by atoms with Gasteiger partial charge in [0, 0.05) is 19.3 Å². The van der Waals surface area contributed by atoms with Crippen molar-refractivity contribution in [1.29, 1.82) is 0 Å². The third-order valence-electron chi connectivity index (χ3n) is 3.86. The normalized spacial score (nSPS) is 10.4. The minimum absolute atomic E-state index is 0.0863. The van der Waals surface area contributed by atoms with E-state index in [4.69, 9.17) is 0 Å². The molecule has 3 heteroatoms. The summed E-state index contributed by atoms with van der Waals surface area (Å²) in [6.45, 7) is 7.11. The molecule has 0 aliphatic heterocycles. The van der Waals surface area contributed by atoms with E-state index < -0.39 is 0 Å². The molecule has 0 aliphatic rings. The molecule has 1 N–H and O–H groups in total. The number of anilines is 1. The molecule has 0 spiro atoms. The zero-order valence-corrected chi connectivity index (χ0v) is 13.8. The molecule has 2 aromatic carbocycles. The Hall–Kier alpha value is -2.29. The zero-order valence-electron chi connectivity index (χ0n) is 13.8. The minimum Gasteiger partial charge on any atom is -0.376 e. The molecule has 0 saturated heterocycles. The number of amides is 1. The smallest absolute Gasteiger partial charge is 0.241 e. The summed E-state index contributed by atoms with van der Waals surface area (Å²) in [6, 6.07) is 14.4. The Bertz CT molecular complexity index is 627. The van der Waals surface area contributed by atoms with Crippen LogP contribution in [0, 0.1) is 20.8 Å². The fourth-order valence-corrected chi connectivity index (χ4v) is 2.45. The maximum absolute atomic E-state index is 12.3. The second-order valence-electron chi connectivity index (χ2n) is 5.86. The quantitative estimate of drug-likeness (QED) is 0.913. The number of hydrogen-bond donors (Lipinski definition) is 1. The predicted octanol–water partition coefficient (Wildman–Crippen LogP) is 3.68. The van der Waals surface area contributed by atoms with E-state index in [1.165, 1.54) is 5.56 Å². The Morgan fingerprint density at radius 3 is 2.18 bits per heavy atom. The lowest BCUT2D eigenvalue weighted by Gasteiger charge is -2.19. The van der Waals surface area contributed by atoms with Crippen LogP contribution in [0.5, 0.6) is 0 Å². The molecule has 2 aromatic rings. The number of carbonyl (C=O) groups excluding carboxylic acids is 1. The fourth-order valence-electron chi connectivity index (χ4n) is 2.45. The Morgan fingerprint density at radius 2 is 1.59 bits per heavy atom.